The van der Waals surface area contributed by atoms with Crippen LogP contribution in [0.2, 0.25) is 0 Å². The first-order valence-corrected chi connectivity index (χ1v) is 17.7. The first-order valence-electron chi connectivity index (χ1n) is 17.7. The van der Waals surface area contributed by atoms with Gasteiger partial charge in [0, 0.05) is 64.5 Å². The Bertz CT molecular complexity index is 1300. The molecule has 4 aliphatic rings. The van der Waals surface area contributed by atoms with Gasteiger partial charge in [0.2, 0.25) is 17.7 Å². The Morgan fingerprint density at radius 2 is 1.69 bits per heavy atom. The Hall–Kier alpha value is -3.06. The number of carbonyl (C=O) groups excluding carboxylic acids is 4. The van der Waals surface area contributed by atoms with Gasteiger partial charge in [-0.1, -0.05) is 37.6 Å². The molecule has 0 saturated carbocycles. The number of amides is 3. The molecule has 12 heteroatoms. The summed E-state index contributed by atoms with van der Waals surface area (Å²) in [6.07, 6.45) is 8.71. The van der Waals surface area contributed by atoms with Crippen molar-refractivity contribution in [1.82, 2.24) is 15.1 Å². The molecule has 9 atom stereocenters. The van der Waals surface area contributed by atoms with Crippen LogP contribution in [0.1, 0.15) is 80.6 Å². The molecule has 0 bridgehead atoms. The zero-order chi connectivity index (χ0) is 36.1. The Labute approximate surface area is 291 Å². The maximum absolute atomic E-state index is 13.2. The quantitative estimate of drug-likeness (QED) is 0.180. The van der Waals surface area contributed by atoms with Crippen molar-refractivity contribution >= 4 is 23.7 Å². The lowest BCUT2D eigenvalue weighted by Gasteiger charge is -2.60. The summed E-state index contributed by atoms with van der Waals surface area (Å²) in [6, 6.07) is -0.139. The number of carbonyl (C=O) groups is 4. The highest BCUT2D eigenvalue weighted by Crippen LogP contribution is 2.41. The summed E-state index contributed by atoms with van der Waals surface area (Å²) in [5.41, 5.74) is 0.160. The van der Waals surface area contributed by atoms with Crippen LogP contribution in [0.25, 0.3) is 0 Å². The highest BCUT2D eigenvalue weighted by atomic mass is 16.5. The van der Waals surface area contributed by atoms with Crippen LogP contribution >= 0.6 is 0 Å². The van der Waals surface area contributed by atoms with Gasteiger partial charge >= 0.3 is 5.97 Å². The number of ether oxygens (including phenoxy) is 4. The van der Waals surface area contributed by atoms with E-state index in [-0.39, 0.29) is 53.7 Å². The number of nitrogens with zero attached hydrogens (tertiary/aromatic N) is 2. The van der Waals surface area contributed by atoms with Gasteiger partial charge in [-0.05, 0) is 52.5 Å². The molecule has 7 unspecified atom stereocenters. The second kappa shape index (κ2) is 16.3. The monoisotopic (exact) mass is 687 g/mol. The topological polar surface area (TPSA) is 144 Å². The molecular formula is C37H57N3O9. The number of allylic oxidation sites excluding steroid dienone is 2. The van der Waals surface area contributed by atoms with Gasteiger partial charge in [0.25, 0.3) is 0 Å². The molecule has 4 rings (SSSR count). The Kier molecular flexibility index (Phi) is 12.9. The molecule has 0 radical (unpaired) electrons. The van der Waals surface area contributed by atoms with E-state index in [1.54, 1.807) is 20.1 Å². The van der Waals surface area contributed by atoms with E-state index in [2.05, 4.69) is 18.3 Å². The van der Waals surface area contributed by atoms with Crippen LogP contribution in [0.4, 0.5) is 0 Å². The fraction of sp³-hybridized carbons (Fsp3) is 0.730. The van der Waals surface area contributed by atoms with Crippen LogP contribution in [0.15, 0.2) is 36.0 Å². The molecule has 2 N–H and O–H groups in total. The molecule has 3 amide bonds. The first-order chi connectivity index (χ1) is 23.1. The van der Waals surface area contributed by atoms with Gasteiger partial charge in [0.05, 0.1) is 36.4 Å². The molecule has 1 spiro atoms. The minimum Gasteiger partial charge on any atom is -0.459 e. The van der Waals surface area contributed by atoms with Gasteiger partial charge < -0.3 is 39.2 Å². The van der Waals surface area contributed by atoms with Gasteiger partial charge in [-0.2, -0.15) is 0 Å². The van der Waals surface area contributed by atoms with E-state index < -0.39 is 36.0 Å². The fourth-order valence-corrected chi connectivity index (χ4v) is 7.45. The van der Waals surface area contributed by atoms with Crippen molar-refractivity contribution in [2.45, 2.75) is 129 Å². The minimum absolute atomic E-state index is 0.0208. The van der Waals surface area contributed by atoms with E-state index in [9.17, 15) is 24.3 Å². The molecule has 0 aromatic rings. The normalized spacial score (nSPS) is 33.7. The zero-order valence-corrected chi connectivity index (χ0v) is 30.5. The molecule has 4 aliphatic heterocycles. The van der Waals surface area contributed by atoms with Crippen LogP contribution in [-0.4, -0.2) is 120 Å². The third-order valence-corrected chi connectivity index (χ3v) is 10.5. The number of esters is 1. The Balaban J connectivity index is 1.26. The number of nitrogens with one attached hydrogen (secondary N) is 1. The van der Waals surface area contributed by atoms with Crippen molar-refractivity contribution in [3.8, 4) is 0 Å². The Morgan fingerprint density at radius 1 is 1.04 bits per heavy atom. The van der Waals surface area contributed by atoms with Crippen molar-refractivity contribution in [3.63, 3.8) is 0 Å². The largest absolute Gasteiger partial charge is 0.459 e. The first kappa shape index (κ1) is 38.7. The minimum atomic E-state index is -0.911. The number of hydrogen-bond donors (Lipinski definition) is 2. The average Bonchev–Trinajstić information content (AvgIpc) is 3.00. The lowest BCUT2D eigenvalue weighted by Crippen LogP contribution is -2.73. The second-order valence-electron chi connectivity index (χ2n) is 14.9. The van der Waals surface area contributed by atoms with Crippen LogP contribution in [0, 0.1) is 11.3 Å². The van der Waals surface area contributed by atoms with Crippen molar-refractivity contribution in [1.29, 1.82) is 0 Å². The fourth-order valence-electron chi connectivity index (χ4n) is 7.45. The van der Waals surface area contributed by atoms with Crippen molar-refractivity contribution < 1.29 is 43.2 Å². The Morgan fingerprint density at radius 3 is 2.31 bits per heavy atom. The maximum Gasteiger partial charge on any atom is 0.303 e. The highest BCUT2D eigenvalue weighted by molar-refractivity contribution is 5.87. The predicted octanol–water partition coefficient (Wildman–Crippen LogP) is 3.08. The van der Waals surface area contributed by atoms with Crippen molar-refractivity contribution in [2.24, 2.45) is 11.3 Å². The van der Waals surface area contributed by atoms with Gasteiger partial charge in [-0.15, -0.1) is 0 Å². The number of aliphatic hydroxyl groups excluding tert-OH is 1. The number of methoxy groups -OCH3 is 1. The molecule has 274 valence electrons. The summed E-state index contributed by atoms with van der Waals surface area (Å²) >= 11 is 0. The van der Waals surface area contributed by atoms with Gasteiger partial charge in [-0.25, -0.2) is 0 Å². The number of rotatable bonds is 12. The molecule has 0 aromatic carbocycles. The number of aliphatic hydroxyl groups is 1. The predicted molar refractivity (Wildman–Crippen MR) is 183 cm³/mol. The summed E-state index contributed by atoms with van der Waals surface area (Å²) in [5.74, 6) is -0.273. The van der Waals surface area contributed by atoms with Crippen LogP contribution < -0.4 is 5.32 Å². The van der Waals surface area contributed by atoms with Crippen LogP contribution in [0.3, 0.4) is 0 Å². The van der Waals surface area contributed by atoms with Crippen molar-refractivity contribution in [2.75, 3.05) is 33.3 Å². The smallest absolute Gasteiger partial charge is 0.303 e. The van der Waals surface area contributed by atoms with Gasteiger partial charge in [-0.3, -0.25) is 19.2 Å². The summed E-state index contributed by atoms with van der Waals surface area (Å²) in [6.45, 7) is 15.6. The van der Waals surface area contributed by atoms with Crippen LogP contribution in [-0.2, 0) is 38.1 Å². The van der Waals surface area contributed by atoms with Gasteiger partial charge in [0.15, 0.2) is 0 Å². The molecule has 49 heavy (non-hydrogen) atoms. The molecule has 0 aromatic heterocycles. The average molecular weight is 688 g/mol. The standard InChI is InChI=1S/C37H57N3O9/c1-9-33(43)39-19-37(20-39)21-40(22-37)34(44)17-28-18-36(7,46-8)35(45)31(49-28)14-11-23(2)10-13-30-24(3)16-29(26(5)48-30)38-32(42)15-12-25(4)47-27(6)41/h10-12,14-15,24-26,28-31,35,45H,9,13,16-22H2,1-8H3,(H,38,42)/b14-11+,15-12-,23-10+/t24?,25?,26?,28-,29?,30?,31?,35-,36?/m1/s1. The summed E-state index contributed by atoms with van der Waals surface area (Å²) in [4.78, 5) is 52.3. The van der Waals surface area contributed by atoms with E-state index in [4.69, 9.17) is 18.9 Å². The van der Waals surface area contributed by atoms with Crippen molar-refractivity contribution in [3.05, 3.63) is 36.0 Å². The van der Waals surface area contributed by atoms with E-state index in [1.807, 2.05) is 49.6 Å². The number of likely N-dealkylation sites (tertiary alicyclic amines) is 2. The van der Waals surface area contributed by atoms with Gasteiger partial charge in [0.1, 0.15) is 18.3 Å². The molecule has 4 fully saturated rings. The third-order valence-electron chi connectivity index (χ3n) is 10.5. The zero-order valence-electron chi connectivity index (χ0n) is 30.5. The molecule has 4 heterocycles. The van der Waals surface area contributed by atoms with Crippen LogP contribution in [0.5, 0.6) is 0 Å². The second-order valence-corrected chi connectivity index (χ2v) is 14.9. The van der Waals surface area contributed by atoms with E-state index in [0.29, 0.717) is 32.4 Å². The van der Waals surface area contributed by atoms with E-state index >= 15 is 0 Å². The third kappa shape index (κ3) is 9.80. The SMILES string of the molecule is CCC(=O)N1CC2(C1)CN(C(=O)C[C@@H]1CC(C)(OC)[C@H](O)C(/C=C/C(C)=C/CC3OC(C)C(NC(=O)/C=C\C(C)OC(C)=O)CC3C)O1)C2. The molecule has 12 nitrogen and oxygen atoms in total. The summed E-state index contributed by atoms with van der Waals surface area (Å²) in [5, 5.41) is 14.2. The summed E-state index contributed by atoms with van der Waals surface area (Å²) in [7, 11) is 1.57. The highest BCUT2D eigenvalue weighted by Gasteiger charge is 2.54. The molecule has 0 aliphatic carbocycles. The lowest BCUT2D eigenvalue weighted by molar-refractivity contribution is -0.210. The summed E-state index contributed by atoms with van der Waals surface area (Å²) < 4.78 is 23.4. The van der Waals surface area contributed by atoms with E-state index in [0.717, 1.165) is 25.1 Å². The lowest BCUT2D eigenvalue weighted by atomic mass is 9.72. The van der Waals surface area contributed by atoms with E-state index in [1.165, 1.54) is 13.0 Å². The number of hydrogen-bond acceptors (Lipinski definition) is 9. The molecular weight excluding hydrogens is 630 g/mol. The molecule has 4 saturated heterocycles. The maximum atomic E-state index is 13.2.